The van der Waals surface area contributed by atoms with Gasteiger partial charge in [-0.1, -0.05) is 6.07 Å². The molecule has 1 aliphatic rings. The number of aryl methyl sites for hydroxylation is 2. The first-order valence-corrected chi connectivity index (χ1v) is 11.8. The Morgan fingerprint density at radius 2 is 1.58 bits per heavy atom. The van der Waals surface area contributed by atoms with Gasteiger partial charge in [0.15, 0.2) is 18.1 Å². The van der Waals surface area contributed by atoms with Crippen LogP contribution in [0.25, 0.3) is 0 Å². The van der Waals surface area contributed by atoms with Crippen LogP contribution in [0.5, 0.6) is 17.2 Å². The lowest BCUT2D eigenvalue weighted by Gasteiger charge is -2.19. The predicted octanol–water partition coefficient (Wildman–Crippen LogP) is 3.89. The molecule has 0 radical (unpaired) electrons. The summed E-state index contributed by atoms with van der Waals surface area (Å²) >= 11 is 0. The first-order chi connectivity index (χ1) is 15.8. The molecule has 172 valence electrons. The Labute approximate surface area is 192 Å². The van der Waals surface area contributed by atoms with Crippen molar-refractivity contribution in [3.63, 3.8) is 0 Å². The van der Waals surface area contributed by atoms with Gasteiger partial charge in [-0.2, -0.15) is 0 Å². The van der Waals surface area contributed by atoms with Crippen LogP contribution >= 0.6 is 0 Å². The number of amides is 1. The van der Waals surface area contributed by atoms with Crippen molar-refractivity contribution in [1.29, 1.82) is 0 Å². The van der Waals surface area contributed by atoms with E-state index in [1.54, 1.807) is 30.3 Å². The summed E-state index contributed by atoms with van der Waals surface area (Å²) in [5.74, 6) is 1.21. The molecule has 1 heterocycles. The minimum atomic E-state index is -3.82. The lowest BCUT2D eigenvalue weighted by atomic mass is 10.1. The van der Waals surface area contributed by atoms with Crippen molar-refractivity contribution in [2.24, 2.45) is 0 Å². The van der Waals surface area contributed by atoms with E-state index in [2.05, 4.69) is 10.0 Å². The Kier molecular flexibility index (Phi) is 6.41. The number of rotatable bonds is 7. The summed E-state index contributed by atoms with van der Waals surface area (Å²) in [6.07, 6.45) is 0. The van der Waals surface area contributed by atoms with Crippen LogP contribution in [-0.2, 0) is 14.8 Å². The van der Waals surface area contributed by atoms with E-state index < -0.39 is 10.0 Å². The van der Waals surface area contributed by atoms with Crippen molar-refractivity contribution in [1.82, 2.24) is 0 Å². The highest BCUT2D eigenvalue weighted by Gasteiger charge is 2.19. The number of fused-ring (bicyclic) bond motifs is 1. The second kappa shape index (κ2) is 9.41. The maximum Gasteiger partial charge on any atom is 0.262 e. The van der Waals surface area contributed by atoms with Gasteiger partial charge in [0.05, 0.1) is 4.90 Å². The number of hydrogen-bond acceptors (Lipinski definition) is 6. The molecule has 0 saturated heterocycles. The van der Waals surface area contributed by atoms with Gasteiger partial charge >= 0.3 is 0 Å². The second-order valence-electron chi connectivity index (χ2n) is 7.57. The van der Waals surface area contributed by atoms with Crippen LogP contribution in [0.4, 0.5) is 11.4 Å². The number of carbonyl (C=O) groups is 1. The van der Waals surface area contributed by atoms with Gasteiger partial charge in [-0.05, 0) is 73.5 Å². The van der Waals surface area contributed by atoms with Crippen LogP contribution in [0.15, 0.2) is 65.6 Å². The standard InChI is InChI=1S/C24H24N2O6S/c1-16-3-8-20(13-17(16)2)32-15-24(27)25-18-4-6-19(7-5-18)26-33(28,29)21-9-10-22-23(14-21)31-12-11-30-22/h3-10,13-14,26H,11-12,15H2,1-2H3,(H,25,27). The highest BCUT2D eigenvalue weighted by atomic mass is 32.2. The lowest BCUT2D eigenvalue weighted by Crippen LogP contribution is -2.20. The summed E-state index contributed by atoms with van der Waals surface area (Å²) in [6, 6.07) is 16.4. The molecule has 2 N–H and O–H groups in total. The Morgan fingerprint density at radius 1 is 0.879 bits per heavy atom. The van der Waals surface area contributed by atoms with Crippen LogP contribution in [0, 0.1) is 13.8 Å². The smallest absolute Gasteiger partial charge is 0.262 e. The molecule has 0 atom stereocenters. The monoisotopic (exact) mass is 468 g/mol. The Morgan fingerprint density at radius 3 is 2.30 bits per heavy atom. The van der Waals surface area contributed by atoms with Crippen molar-refractivity contribution in [2.75, 3.05) is 29.9 Å². The van der Waals surface area contributed by atoms with E-state index in [0.717, 1.165) is 11.1 Å². The van der Waals surface area contributed by atoms with E-state index >= 15 is 0 Å². The molecule has 0 aromatic heterocycles. The fourth-order valence-electron chi connectivity index (χ4n) is 3.18. The predicted molar refractivity (Wildman–Crippen MR) is 125 cm³/mol. The number of ether oxygens (including phenoxy) is 3. The second-order valence-corrected chi connectivity index (χ2v) is 9.25. The summed E-state index contributed by atoms with van der Waals surface area (Å²) < 4.78 is 44.4. The van der Waals surface area contributed by atoms with Gasteiger partial charge in [-0.3, -0.25) is 9.52 Å². The van der Waals surface area contributed by atoms with Crippen LogP contribution in [0.1, 0.15) is 11.1 Å². The number of anilines is 2. The molecular formula is C24H24N2O6S. The third-order valence-corrected chi connectivity index (χ3v) is 6.47. The molecule has 0 unspecified atom stereocenters. The van der Waals surface area contributed by atoms with Gasteiger partial charge in [0.2, 0.25) is 0 Å². The average Bonchev–Trinajstić information content (AvgIpc) is 2.80. The van der Waals surface area contributed by atoms with Gasteiger partial charge in [0.1, 0.15) is 19.0 Å². The highest BCUT2D eigenvalue weighted by molar-refractivity contribution is 7.92. The maximum atomic E-state index is 12.7. The van der Waals surface area contributed by atoms with E-state index in [1.165, 1.54) is 12.1 Å². The third-order valence-electron chi connectivity index (χ3n) is 5.09. The molecule has 0 saturated carbocycles. The Balaban J connectivity index is 1.34. The molecule has 33 heavy (non-hydrogen) atoms. The number of nitrogens with one attached hydrogen (secondary N) is 2. The molecule has 1 amide bonds. The van der Waals surface area contributed by atoms with E-state index in [1.807, 2.05) is 32.0 Å². The van der Waals surface area contributed by atoms with Crippen molar-refractivity contribution < 1.29 is 27.4 Å². The fraction of sp³-hybridized carbons (Fsp3) is 0.208. The van der Waals surface area contributed by atoms with E-state index in [-0.39, 0.29) is 17.4 Å². The minimum absolute atomic E-state index is 0.0626. The topological polar surface area (TPSA) is 103 Å². The first kappa shape index (κ1) is 22.5. The SMILES string of the molecule is Cc1ccc(OCC(=O)Nc2ccc(NS(=O)(=O)c3ccc4c(c3)OCCO4)cc2)cc1C. The first-order valence-electron chi connectivity index (χ1n) is 10.3. The lowest BCUT2D eigenvalue weighted by molar-refractivity contribution is -0.118. The molecule has 1 aliphatic heterocycles. The van der Waals surface area contributed by atoms with E-state index in [0.29, 0.717) is 41.8 Å². The summed E-state index contributed by atoms with van der Waals surface area (Å²) in [4.78, 5) is 12.2. The van der Waals surface area contributed by atoms with Crippen molar-refractivity contribution in [2.45, 2.75) is 18.7 Å². The minimum Gasteiger partial charge on any atom is -0.486 e. The molecule has 0 aliphatic carbocycles. The van der Waals surface area contributed by atoms with Gasteiger partial charge in [-0.15, -0.1) is 0 Å². The van der Waals surface area contributed by atoms with Gasteiger partial charge in [0.25, 0.3) is 15.9 Å². The van der Waals surface area contributed by atoms with Crippen LogP contribution in [0.3, 0.4) is 0 Å². The van der Waals surface area contributed by atoms with Crippen LogP contribution in [0.2, 0.25) is 0 Å². The number of carbonyl (C=O) groups excluding carboxylic acids is 1. The van der Waals surface area contributed by atoms with Crippen molar-refractivity contribution >= 4 is 27.3 Å². The van der Waals surface area contributed by atoms with Crippen molar-refractivity contribution in [3.8, 4) is 17.2 Å². The quantitative estimate of drug-likeness (QED) is 0.545. The number of sulfonamides is 1. The van der Waals surface area contributed by atoms with Gasteiger partial charge in [0, 0.05) is 17.4 Å². The molecular weight excluding hydrogens is 444 g/mol. The largest absolute Gasteiger partial charge is 0.486 e. The number of benzene rings is 3. The van der Waals surface area contributed by atoms with E-state index in [4.69, 9.17) is 14.2 Å². The van der Waals surface area contributed by atoms with Crippen molar-refractivity contribution in [3.05, 3.63) is 71.8 Å². The van der Waals surface area contributed by atoms with Crippen LogP contribution in [-0.4, -0.2) is 34.1 Å². The zero-order chi connectivity index (χ0) is 23.4. The molecule has 9 heteroatoms. The summed E-state index contributed by atoms with van der Waals surface area (Å²) in [5, 5.41) is 2.72. The highest BCUT2D eigenvalue weighted by Crippen LogP contribution is 2.32. The molecule has 4 rings (SSSR count). The zero-order valence-corrected chi connectivity index (χ0v) is 19.1. The normalized spacial score (nSPS) is 12.7. The zero-order valence-electron chi connectivity index (χ0n) is 18.3. The molecule has 0 fully saturated rings. The van der Waals surface area contributed by atoms with Gasteiger partial charge < -0.3 is 19.5 Å². The molecule has 3 aromatic rings. The van der Waals surface area contributed by atoms with Crippen LogP contribution < -0.4 is 24.2 Å². The molecule has 3 aromatic carbocycles. The van der Waals surface area contributed by atoms with E-state index in [9.17, 15) is 13.2 Å². The average molecular weight is 469 g/mol. The summed E-state index contributed by atoms with van der Waals surface area (Å²) in [5.41, 5.74) is 3.11. The Hall–Kier alpha value is -3.72. The third kappa shape index (κ3) is 5.56. The summed E-state index contributed by atoms with van der Waals surface area (Å²) in [7, 11) is -3.82. The molecule has 0 spiro atoms. The number of hydrogen-bond donors (Lipinski definition) is 2. The Bertz CT molecular complexity index is 1270. The van der Waals surface area contributed by atoms with Gasteiger partial charge in [-0.25, -0.2) is 8.42 Å². The molecule has 8 nitrogen and oxygen atoms in total. The fourth-order valence-corrected chi connectivity index (χ4v) is 4.25. The maximum absolute atomic E-state index is 12.7. The molecule has 0 bridgehead atoms. The summed E-state index contributed by atoms with van der Waals surface area (Å²) in [6.45, 7) is 4.64.